The number of carbonyl (C=O) groups is 2. The van der Waals surface area contributed by atoms with Crippen LogP contribution in [0.4, 0.5) is 11.4 Å². The van der Waals surface area contributed by atoms with Crippen molar-refractivity contribution in [3.63, 3.8) is 0 Å². The Bertz CT molecular complexity index is 1220. The first-order valence-electron chi connectivity index (χ1n) is 10.2. The molecular formula is C22H21ClN4O5S. The summed E-state index contributed by atoms with van der Waals surface area (Å²) in [5.74, 6) is 0.316. The summed E-state index contributed by atoms with van der Waals surface area (Å²) in [6, 6.07) is 11.5. The molecule has 33 heavy (non-hydrogen) atoms. The first-order chi connectivity index (χ1) is 15.9. The number of carbonyl (C=O) groups excluding carboxylic acids is 2. The van der Waals surface area contributed by atoms with E-state index in [1.807, 2.05) is 4.90 Å². The molecule has 0 atom stereocenters. The van der Waals surface area contributed by atoms with Crippen LogP contribution in [0.15, 0.2) is 42.5 Å². The fourth-order valence-corrected chi connectivity index (χ4v) is 5.18. The first kappa shape index (κ1) is 23.0. The molecule has 1 fully saturated rings. The van der Waals surface area contributed by atoms with Crippen molar-refractivity contribution in [2.24, 2.45) is 0 Å². The highest BCUT2D eigenvalue weighted by Gasteiger charge is 2.27. The van der Waals surface area contributed by atoms with Crippen molar-refractivity contribution in [1.82, 2.24) is 9.80 Å². The van der Waals surface area contributed by atoms with Crippen LogP contribution in [-0.4, -0.2) is 66.4 Å². The van der Waals surface area contributed by atoms with E-state index >= 15 is 0 Å². The number of nitro benzene ring substituents is 1. The predicted octanol–water partition coefficient (Wildman–Crippen LogP) is 3.87. The number of benzene rings is 2. The quantitative estimate of drug-likeness (QED) is 0.417. The molecule has 0 saturated carbocycles. The minimum atomic E-state index is -0.474. The van der Waals surface area contributed by atoms with Crippen molar-refractivity contribution in [2.75, 3.05) is 45.2 Å². The van der Waals surface area contributed by atoms with Gasteiger partial charge in [0, 0.05) is 60.2 Å². The van der Waals surface area contributed by atoms with Crippen LogP contribution in [0.5, 0.6) is 5.75 Å². The molecule has 1 aliphatic rings. The van der Waals surface area contributed by atoms with E-state index in [0.29, 0.717) is 57.6 Å². The Morgan fingerprint density at radius 1 is 1.18 bits per heavy atom. The highest BCUT2D eigenvalue weighted by molar-refractivity contribution is 7.21. The normalized spacial score (nSPS) is 14.3. The number of hydrogen-bond donors (Lipinski definition) is 1. The van der Waals surface area contributed by atoms with Gasteiger partial charge >= 0.3 is 0 Å². The van der Waals surface area contributed by atoms with E-state index in [1.165, 1.54) is 12.1 Å². The molecule has 0 radical (unpaired) electrons. The molecule has 11 heteroatoms. The predicted molar refractivity (Wildman–Crippen MR) is 127 cm³/mol. The van der Waals surface area contributed by atoms with Gasteiger partial charge in [-0.2, -0.15) is 0 Å². The van der Waals surface area contributed by atoms with Gasteiger partial charge in [0.2, 0.25) is 5.91 Å². The molecule has 0 unspecified atom stereocenters. The van der Waals surface area contributed by atoms with Gasteiger partial charge in [0.1, 0.15) is 10.6 Å². The summed E-state index contributed by atoms with van der Waals surface area (Å²) in [5.41, 5.74) is 0.619. The van der Waals surface area contributed by atoms with Gasteiger partial charge in [-0.3, -0.25) is 24.6 Å². The average Bonchev–Trinajstić information content (AvgIpc) is 3.15. The Kier molecular flexibility index (Phi) is 6.77. The zero-order valence-electron chi connectivity index (χ0n) is 17.7. The number of nitrogens with one attached hydrogen (secondary N) is 1. The maximum atomic E-state index is 13.0. The minimum absolute atomic E-state index is 0.0414. The SMILES string of the molecule is COc1cccc(NC(=O)CN2CCN(C(=O)c3sc4cc([N+](=O)[O-])ccc4c3Cl)CC2)c1. The van der Waals surface area contributed by atoms with E-state index in [1.54, 1.807) is 42.3 Å². The Labute approximate surface area is 198 Å². The fraction of sp³-hybridized carbons (Fsp3) is 0.273. The first-order valence-corrected chi connectivity index (χ1v) is 11.4. The summed E-state index contributed by atoms with van der Waals surface area (Å²) in [6.07, 6.45) is 0. The summed E-state index contributed by atoms with van der Waals surface area (Å²) in [5, 5.41) is 14.8. The van der Waals surface area contributed by atoms with Crippen LogP contribution >= 0.6 is 22.9 Å². The van der Waals surface area contributed by atoms with Gasteiger partial charge in [-0.05, 0) is 18.2 Å². The van der Waals surface area contributed by atoms with E-state index in [-0.39, 0.29) is 24.0 Å². The lowest BCUT2D eigenvalue weighted by molar-refractivity contribution is -0.384. The third kappa shape index (κ3) is 5.08. The molecule has 2 heterocycles. The maximum absolute atomic E-state index is 13.0. The van der Waals surface area contributed by atoms with Gasteiger partial charge in [-0.15, -0.1) is 11.3 Å². The molecule has 0 spiro atoms. The van der Waals surface area contributed by atoms with Crippen LogP contribution in [0.25, 0.3) is 10.1 Å². The number of nitrogens with zero attached hydrogens (tertiary/aromatic N) is 3. The highest BCUT2D eigenvalue weighted by atomic mass is 35.5. The summed E-state index contributed by atoms with van der Waals surface area (Å²) in [7, 11) is 1.57. The third-order valence-corrected chi connectivity index (χ3v) is 7.04. The molecule has 3 aromatic rings. The van der Waals surface area contributed by atoms with Crippen molar-refractivity contribution < 1.29 is 19.2 Å². The number of methoxy groups -OCH3 is 1. The molecule has 1 saturated heterocycles. The van der Waals surface area contributed by atoms with Crippen molar-refractivity contribution in [2.45, 2.75) is 0 Å². The van der Waals surface area contributed by atoms with Crippen molar-refractivity contribution in [3.05, 3.63) is 62.5 Å². The Morgan fingerprint density at radius 3 is 2.64 bits per heavy atom. The van der Waals surface area contributed by atoms with Gasteiger partial charge in [0.15, 0.2) is 0 Å². The molecule has 172 valence electrons. The van der Waals surface area contributed by atoms with Gasteiger partial charge in [0.25, 0.3) is 11.6 Å². The van der Waals surface area contributed by atoms with Crippen molar-refractivity contribution >= 4 is 56.2 Å². The number of anilines is 1. The highest BCUT2D eigenvalue weighted by Crippen LogP contribution is 2.38. The lowest BCUT2D eigenvalue weighted by Gasteiger charge is -2.34. The molecule has 0 aliphatic carbocycles. The lowest BCUT2D eigenvalue weighted by Crippen LogP contribution is -2.50. The molecular weight excluding hydrogens is 468 g/mol. The number of nitro groups is 1. The second kappa shape index (κ2) is 9.74. The lowest BCUT2D eigenvalue weighted by atomic mass is 10.2. The van der Waals surface area contributed by atoms with Crippen molar-refractivity contribution in [3.8, 4) is 5.75 Å². The van der Waals surface area contributed by atoms with Crippen LogP contribution in [-0.2, 0) is 4.79 Å². The topological polar surface area (TPSA) is 105 Å². The summed E-state index contributed by atoms with van der Waals surface area (Å²) in [6.45, 7) is 2.22. The van der Waals surface area contributed by atoms with Crippen LogP contribution in [0.2, 0.25) is 5.02 Å². The van der Waals surface area contributed by atoms with E-state index in [4.69, 9.17) is 16.3 Å². The van der Waals surface area contributed by atoms with Crippen LogP contribution in [0.3, 0.4) is 0 Å². The molecule has 2 amide bonds. The number of ether oxygens (including phenoxy) is 1. The number of rotatable bonds is 6. The Morgan fingerprint density at radius 2 is 1.94 bits per heavy atom. The molecule has 0 bridgehead atoms. The second-order valence-corrected chi connectivity index (χ2v) is 8.96. The zero-order valence-corrected chi connectivity index (χ0v) is 19.3. The van der Waals surface area contributed by atoms with Gasteiger partial charge in [-0.1, -0.05) is 17.7 Å². The van der Waals surface area contributed by atoms with Gasteiger partial charge in [-0.25, -0.2) is 0 Å². The largest absolute Gasteiger partial charge is 0.497 e. The van der Waals surface area contributed by atoms with Crippen LogP contribution in [0.1, 0.15) is 9.67 Å². The third-order valence-electron chi connectivity index (χ3n) is 5.40. The number of piperazine rings is 1. The minimum Gasteiger partial charge on any atom is -0.497 e. The second-order valence-electron chi connectivity index (χ2n) is 7.53. The van der Waals surface area contributed by atoms with Gasteiger partial charge in [0.05, 0.1) is 23.6 Å². The molecule has 1 aliphatic heterocycles. The van der Waals surface area contributed by atoms with Crippen LogP contribution in [0, 0.1) is 10.1 Å². The average molecular weight is 489 g/mol. The molecule has 2 aromatic carbocycles. The summed E-state index contributed by atoms with van der Waals surface area (Å²) >= 11 is 7.58. The number of amides is 2. The monoisotopic (exact) mass is 488 g/mol. The Hall–Kier alpha value is -3.21. The van der Waals surface area contributed by atoms with E-state index in [0.717, 1.165) is 11.3 Å². The summed E-state index contributed by atoms with van der Waals surface area (Å²) < 4.78 is 5.77. The number of non-ortho nitro benzene ring substituents is 1. The number of hydrogen-bond acceptors (Lipinski definition) is 7. The van der Waals surface area contributed by atoms with Crippen molar-refractivity contribution in [1.29, 1.82) is 0 Å². The number of fused-ring (bicyclic) bond motifs is 1. The zero-order chi connectivity index (χ0) is 23.5. The smallest absolute Gasteiger partial charge is 0.270 e. The maximum Gasteiger partial charge on any atom is 0.270 e. The molecule has 1 aromatic heterocycles. The van der Waals surface area contributed by atoms with E-state index in [9.17, 15) is 19.7 Å². The van der Waals surface area contributed by atoms with Gasteiger partial charge < -0.3 is 15.0 Å². The standard InChI is InChI=1S/C22H21ClN4O5S/c1-32-16-4-2-3-14(11-16)24-19(28)13-25-7-9-26(10-8-25)22(29)21-20(23)17-6-5-15(27(30)31)12-18(17)33-21/h2-6,11-12H,7-10,13H2,1H3,(H,24,28). The molecule has 4 rings (SSSR count). The van der Waals surface area contributed by atoms with E-state index < -0.39 is 4.92 Å². The van der Waals surface area contributed by atoms with Crippen LogP contribution < -0.4 is 10.1 Å². The molecule has 9 nitrogen and oxygen atoms in total. The number of halogens is 1. The fourth-order valence-electron chi connectivity index (χ4n) is 3.66. The Balaban J connectivity index is 1.35. The number of thiophene rings is 1. The summed E-state index contributed by atoms with van der Waals surface area (Å²) in [4.78, 5) is 40.0. The van der Waals surface area contributed by atoms with E-state index in [2.05, 4.69) is 5.32 Å². The molecule has 1 N–H and O–H groups in total.